The van der Waals surface area contributed by atoms with Gasteiger partial charge >= 0.3 is 0 Å². The van der Waals surface area contributed by atoms with Gasteiger partial charge in [0.2, 0.25) is 0 Å². The Bertz CT molecular complexity index is 367. The maximum absolute atomic E-state index is 9.64. The van der Waals surface area contributed by atoms with Crippen LogP contribution in [0.25, 0.3) is 0 Å². The maximum atomic E-state index is 9.64. The molecule has 94 valence electrons. The highest BCUT2D eigenvalue weighted by atomic mass is 16.3. The van der Waals surface area contributed by atoms with Crippen molar-refractivity contribution in [2.75, 3.05) is 17.7 Å². The van der Waals surface area contributed by atoms with Gasteiger partial charge in [-0.3, -0.25) is 0 Å². The van der Waals surface area contributed by atoms with E-state index in [1.807, 2.05) is 0 Å². The van der Waals surface area contributed by atoms with Crippen molar-refractivity contribution >= 4 is 11.6 Å². The van der Waals surface area contributed by atoms with E-state index in [-0.39, 0.29) is 12.1 Å². The zero-order valence-electron chi connectivity index (χ0n) is 10.2. The number of aliphatic hydroxyl groups excluding tert-OH is 1. The number of rotatable bonds is 3. The summed E-state index contributed by atoms with van der Waals surface area (Å²) in [5, 5.41) is 13.0. The van der Waals surface area contributed by atoms with E-state index >= 15 is 0 Å². The SMILES string of the molecule is CC1CCCC(CO)(Nc2cnc(N)cn2)C1. The molecule has 0 amide bonds. The predicted molar refractivity (Wildman–Crippen MR) is 67.5 cm³/mol. The second kappa shape index (κ2) is 4.87. The third-order valence-corrected chi connectivity index (χ3v) is 3.46. The lowest BCUT2D eigenvalue weighted by atomic mass is 9.77. The van der Waals surface area contributed by atoms with E-state index in [0.717, 1.165) is 19.3 Å². The van der Waals surface area contributed by atoms with Crippen LogP contribution in [-0.2, 0) is 0 Å². The summed E-state index contributed by atoms with van der Waals surface area (Å²) in [6, 6.07) is 0. The normalized spacial score (nSPS) is 28.9. The Morgan fingerprint density at radius 2 is 2.35 bits per heavy atom. The molecule has 5 heteroatoms. The van der Waals surface area contributed by atoms with Gasteiger partial charge in [0, 0.05) is 0 Å². The molecule has 1 aliphatic rings. The maximum Gasteiger partial charge on any atom is 0.145 e. The van der Waals surface area contributed by atoms with Crippen LogP contribution in [0.4, 0.5) is 11.6 Å². The van der Waals surface area contributed by atoms with Crippen molar-refractivity contribution in [1.29, 1.82) is 0 Å². The first kappa shape index (κ1) is 12.1. The van der Waals surface area contributed by atoms with Gasteiger partial charge in [0.25, 0.3) is 0 Å². The number of aromatic nitrogens is 2. The van der Waals surface area contributed by atoms with E-state index < -0.39 is 0 Å². The van der Waals surface area contributed by atoms with Gasteiger partial charge in [-0.25, -0.2) is 9.97 Å². The Labute approximate surface area is 101 Å². The van der Waals surface area contributed by atoms with Crippen LogP contribution in [0.5, 0.6) is 0 Å². The molecule has 0 saturated heterocycles. The molecule has 2 unspecified atom stereocenters. The monoisotopic (exact) mass is 236 g/mol. The lowest BCUT2D eigenvalue weighted by molar-refractivity contribution is 0.149. The van der Waals surface area contributed by atoms with Crippen molar-refractivity contribution in [3.63, 3.8) is 0 Å². The minimum absolute atomic E-state index is 0.128. The summed E-state index contributed by atoms with van der Waals surface area (Å²) in [7, 11) is 0. The lowest BCUT2D eigenvalue weighted by Gasteiger charge is -2.39. The number of anilines is 2. The molecule has 2 atom stereocenters. The molecule has 0 aromatic carbocycles. The second-order valence-electron chi connectivity index (χ2n) is 5.09. The predicted octanol–water partition coefficient (Wildman–Crippen LogP) is 1.41. The quantitative estimate of drug-likeness (QED) is 0.739. The molecule has 17 heavy (non-hydrogen) atoms. The molecule has 1 aromatic rings. The van der Waals surface area contributed by atoms with E-state index in [1.54, 1.807) is 6.20 Å². The van der Waals surface area contributed by atoms with E-state index in [9.17, 15) is 5.11 Å². The summed E-state index contributed by atoms with van der Waals surface area (Å²) in [5.74, 6) is 1.72. The highest BCUT2D eigenvalue weighted by Crippen LogP contribution is 2.34. The lowest BCUT2D eigenvalue weighted by Crippen LogP contribution is -2.46. The molecule has 1 heterocycles. The third kappa shape index (κ3) is 2.85. The number of nitrogen functional groups attached to an aromatic ring is 1. The van der Waals surface area contributed by atoms with Gasteiger partial charge < -0.3 is 16.2 Å². The molecule has 0 bridgehead atoms. The fourth-order valence-corrected chi connectivity index (χ4v) is 2.63. The molecule has 1 aliphatic carbocycles. The molecule has 1 fully saturated rings. The van der Waals surface area contributed by atoms with E-state index in [4.69, 9.17) is 5.73 Å². The van der Waals surface area contributed by atoms with Crippen LogP contribution in [0.1, 0.15) is 32.6 Å². The van der Waals surface area contributed by atoms with Crippen molar-refractivity contribution in [2.24, 2.45) is 5.92 Å². The molecule has 0 aliphatic heterocycles. The van der Waals surface area contributed by atoms with Gasteiger partial charge in [-0.1, -0.05) is 19.8 Å². The first-order valence-electron chi connectivity index (χ1n) is 6.10. The Morgan fingerprint density at radius 3 is 2.94 bits per heavy atom. The average molecular weight is 236 g/mol. The molecule has 0 spiro atoms. The molecule has 0 radical (unpaired) electrons. The Balaban J connectivity index is 2.10. The average Bonchev–Trinajstić information content (AvgIpc) is 2.32. The molecule has 1 aromatic heterocycles. The van der Waals surface area contributed by atoms with Gasteiger partial charge in [-0.15, -0.1) is 0 Å². The fraction of sp³-hybridized carbons (Fsp3) is 0.667. The molecule has 4 N–H and O–H groups in total. The minimum Gasteiger partial charge on any atom is -0.394 e. The smallest absolute Gasteiger partial charge is 0.145 e. The molecule has 1 saturated carbocycles. The fourth-order valence-electron chi connectivity index (χ4n) is 2.63. The van der Waals surface area contributed by atoms with E-state index in [2.05, 4.69) is 22.2 Å². The van der Waals surface area contributed by atoms with E-state index in [0.29, 0.717) is 17.6 Å². The van der Waals surface area contributed by atoms with Gasteiger partial charge in [0.15, 0.2) is 0 Å². The van der Waals surface area contributed by atoms with Crippen LogP contribution >= 0.6 is 0 Å². The zero-order valence-corrected chi connectivity index (χ0v) is 10.2. The van der Waals surface area contributed by atoms with Crippen molar-refractivity contribution in [1.82, 2.24) is 9.97 Å². The van der Waals surface area contributed by atoms with Crippen LogP contribution in [-0.4, -0.2) is 27.2 Å². The third-order valence-electron chi connectivity index (χ3n) is 3.46. The topological polar surface area (TPSA) is 84.1 Å². The van der Waals surface area contributed by atoms with Crippen LogP contribution in [0.3, 0.4) is 0 Å². The van der Waals surface area contributed by atoms with Crippen LogP contribution in [0.2, 0.25) is 0 Å². The zero-order chi connectivity index (χ0) is 12.3. The first-order chi connectivity index (χ1) is 8.13. The summed E-state index contributed by atoms with van der Waals surface area (Å²) < 4.78 is 0. The first-order valence-corrected chi connectivity index (χ1v) is 6.10. The Morgan fingerprint density at radius 1 is 1.53 bits per heavy atom. The Hall–Kier alpha value is -1.36. The second-order valence-corrected chi connectivity index (χ2v) is 5.09. The van der Waals surface area contributed by atoms with Gasteiger partial charge in [-0.2, -0.15) is 0 Å². The molecular formula is C12H20N4O. The Kier molecular flexibility index (Phi) is 3.47. The molecule has 5 nitrogen and oxygen atoms in total. The summed E-state index contributed by atoms with van der Waals surface area (Å²) in [6.07, 6.45) is 7.45. The number of nitrogens with one attached hydrogen (secondary N) is 1. The van der Waals surface area contributed by atoms with Crippen LogP contribution in [0, 0.1) is 5.92 Å². The van der Waals surface area contributed by atoms with E-state index in [1.165, 1.54) is 12.6 Å². The molecular weight excluding hydrogens is 216 g/mol. The standard InChI is InChI=1S/C12H20N4O/c1-9-3-2-4-12(5-9,8-17)16-11-7-14-10(13)6-15-11/h6-7,9,17H,2-5,8H2,1H3,(H2,13,14)(H,15,16). The number of nitrogens with zero attached hydrogens (tertiary/aromatic N) is 2. The summed E-state index contributed by atoms with van der Waals surface area (Å²) in [5.41, 5.74) is 5.25. The highest BCUT2D eigenvalue weighted by molar-refractivity contribution is 5.39. The van der Waals surface area contributed by atoms with Crippen molar-refractivity contribution in [2.45, 2.75) is 38.1 Å². The van der Waals surface area contributed by atoms with Gasteiger partial charge in [0.05, 0.1) is 24.5 Å². The number of nitrogens with two attached hydrogens (primary N) is 1. The van der Waals surface area contributed by atoms with Crippen LogP contribution < -0.4 is 11.1 Å². The summed E-state index contributed by atoms with van der Waals surface area (Å²) >= 11 is 0. The summed E-state index contributed by atoms with van der Waals surface area (Å²) in [4.78, 5) is 8.18. The summed E-state index contributed by atoms with van der Waals surface area (Å²) in [6.45, 7) is 2.35. The van der Waals surface area contributed by atoms with Gasteiger partial charge in [-0.05, 0) is 18.8 Å². The van der Waals surface area contributed by atoms with Crippen molar-refractivity contribution in [3.8, 4) is 0 Å². The van der Waals surface area contributed by atoms with Crippen LogP contribution in [0.15, 0.2) is 12.4 Å². The number of hydrogen-bond acceptors (Lipinski definition) is 5. The minimum atomic E-state index is -0.248. The van der Waals surface area contributed by atoms with Gasteiger partial charge in [0.1, 0.15) is 11.6 Å². The number of hydrogen-bond donors (Lipinski definition) is 3. The molecule has 2 rings (SSSR count). The highest BCUT2D eigenvalue weighted by Gasteiger charge is 2.34. The largest absolute Gasteiger partial charge is 0.394 e. The number of aliphatic hydroxyl groups is 1. The van der Waals surface area contributed by atoms with Crippen molar-refractivity contribution < 1.29 is 5.11 Å². The van der Waals surface area contributed by atoms with Crippen molar-refractivity contribution in [3.05, 3.63) is 12.4 Å².